The van der Waals surface area contributed by atoms with Gasteiger partial charge < -0.3 is 15.0 Å². The minimum Gasteiger partial charge on any atom is -0.626 e. The highest BCUT2D eigenvalue weighted by Gasteiger charge is 2.20. The Hall–Kier alpha value is -2.02. The van der Waals surface area contributed by atoms with Gasteiger partial charge in [0.1, 0.15) is 0 Å². The number of nitrogens with zero attached hydrogens (tertiary/aromatic N) is 2. The molecule has 0 aliphatic rings. The second-order valence-electron chi connectivity index (χ2n) is 6.26. The van der Waals surface area contributed by atoms with Gasteiger partial charge in [0.15, 0.2) is 0 Å². The molecule has 0 aliphatic carbocycles. The molecular weight excluding hydrogens is 330 g/mol. The molecule has 6 nitrogen and oxygen atoms in total. The van der Waals surface area contributed by atoms with Gasteiger partial charge in [-0.05, 0) is 25.6 Å². The van der Waals surface area contributed by atoms with E-state index in [1.165, 1.54) is 0 Å². The number of quaternary nitrogens is 1. The predicted octanol–water partition coefficient (Wildman–Crippen LogP) is 2.28. The molecular formula is C20H29N3O3. The summed E-state index contributed by atoms with van der Waals surface area (Å²) in [5, 5.41) is 12.8. The Labute approximate surface area is 155 Å². The molecule has 26 heavy (non-hydrogen) atoms. The van der Waals surface area contributed by atoms with Crippen molar-refractivity contribution in [1.82, 2.24) is 9.88 Å². The molecule has 0 aliphatic heterocycles. The minimum absolute atomic E-state index is 0.225. The van der Waals surface area contributed by atoms with Gasteiger partial charge in [0.25, 0.3) is 0 Å². The molecule has 6 heteroatoms. The van der Waals surface area contributed by atoms with Crippen molar-refractivity contribution >= 4 is 16.8 Å². The number of carbonyl (C=O) groups is 1. The predicted molar refractivity (Wildman–Crippen MR) is 103 cm³/mol. The highest BCUT2D eigenvalue weighted by molar-refractivity contribution is 6.02. The van der Waals surface area contributed by atoms with Crippen LogP contribution >= 0.6 is 0 Å². The summed E-state index contributed by atoms with van der Waals surface area (Å²) in [7, 11) is 0. The normalized spacial score (nSPS) is 12.5. The molecule has 0 radical (unpaired) electrons. The summed E-state index contributed by atoms with van der Waals surface area (Å²) >= 11 is 0. The number of hydroxylamine groups is 2. The lowest BCUT2D eigenvalue weighted by atomic mass is 10.1. The first-order valence-electron chi connectivity index (χ1n) is 9.43. The Bertz CT molecular complexity index is 717. The lowest BCUT2D eigenvalue weighted by molar-refractivity contribution is -0.757. The number of fused-ring (bicyclic) bond motifs is 1. The third-order valence-corrected chi connectivity index (χ3v) is 4.49. The SMILES string of the molecule is CCCCOc1cc(C(=O)[NH+]([O-])CCN(CC)CC)c2ccccc2n1. The lowest BCUT2D eigenvalue weighted by Gasteiger charge is -2.24. The first-order valence-corrected chi connectivity index (χ1v) is 9.43. The first-order chi connectivity index (χ1) is 12.6. The van der Waals surface area contributed by atoms with E-state index >= 15 is 0 Å². The number of para-hydroxylation sites is 1. The highest BCUT2D eigenvalue weighted by atomic mass is 16.5. The Morgan fingerprint density at radius 2 is 1.96 bits per heavy atom. The molecule has 1 atom stereocenters. The molecule has 2 aromatic rings. The molecule has 0 saturated heterocycles. The van der Waals surface area contributed by atoms with E-state index in [0.29, 0.717) is 35.5 Å². The van der Waals surface area contributed by atoms with Crippen molar-refractivity contribution in [3.8, 4) is 5.88 Å². The van der Waals surface area contributed by atoms with E-state index in [1.807, 2.05) is 38.1 Å². The van der Waals surface area contributed by atoms with Crippen LogP contribution in [0.2, 0.25) is 0 Å². The fourth-order valence-electron chi connectivity index (χ4n) is 2.80. The zero-order chi connectivity index (χ0) is 18.9. The maximum absolute atomic E-state index is 12.8. The van der Waals surface area contributed by atoms with Gasteiger partial charge in [-0.1, -0.05) is 45.4 Å². The van der Waals surface area contributed by atoms with E-state index in [1.54, 1.807) is 6.07 Å². The molecule has 1 amide bonds. The van der Waals surface area contributed by atoms with Gasteiger partial charge in [0.2, 0.25) is 5.88 Å². The number of hydrogen-bond donors (Lipinski definition) is 1. The molecule has 1 heterocycles. The molecule has 2 rings (SSSR count). The summed E-state index contributed by atoms with van der Waals surface area (Å²) in [5.74, 6) is -0.0619. The number of ether oxygens (including phenoxy) is 1. The number of carbonyl (C=O) groups excluding carboxylic acids is 1. The maximum Gasteiger partial charge on any atom is 0.345 e. The zero-order valence-electron chi connectivity index (χ0n) is 16.0. The summed E-state index contributed by atoms with van der Waals surface area (Å²) in [6.07, 6.45) is 1.93. The number of rotatable bonds is 10. The van der Waals surface area contributed by atoms with E-state index in [0.717, 1.165) is 25.9 Å². The molecule has 0 bridgehead atoms. The van der Waals surface area contributed by atoms with Gasteiger partial charge in [-0.2, -0.15) is 0 Å². The Balaban J connectivity index is 2.23. The molecule has 0 saturated carbocycles. The van der Waals surface area contributed by atoms with Crippen molar-refractivity contribution < 1.29 is 14.6 Å². The van der Waals surface area contributed by atoms with Crippen LogP contribution in [0.5, 0.6) is 5.88 Å². The van der Waals surface area contributed by atoms with Crippen molar-refractivity contribution in [3.05, 3.63) is 41.1 Å². The van der Waals surface area contributed by atoms with Crippen LogP contribution in [-0.4, -0.2) is 48.6 Å². The number of unbranched alkanes of at least 4 members (excludes halogenated alkanes) is 1. The average Bonchev–Trinajstić information content (AvgIpc) is 2.67. The quantitative estimate of drug-likeness (QED) is 0.521. The topological polar surface area (TPSA) is 69.9 Å². The van der Waals surface area contributed by atoms with Crippen LogP contribution in [0.1, 0.15) is 44.0 Å². The molecule has 1 N–H and O–H groups in total. The summed E-state index contributed by atoms with van der Waals surface area (Å²) in [5.41, 5.74) is 1.05. The smallest absolute Gasteiger partial charge is 0.345 e. The van der Waals surface area contributed by atoms with E-state index in [4.69, 9.17) is 4.74 Å². The van der Waals surface area contributed by atoms with Crippen LogP contribution in [0.4, 0.5) is 0 Å². The van der Waals surface area contributed by atoms with Gasteiger partial charge in [-0.15, -0.1) is 0 Å². The van der Waals surface area contributed by atoms with Gasteiger partial charge in [-0.3, -0.25) is 4.90 Å². The third-order valence-electron chi connectivity index (χ3n) is 4.49. The number of pyridine rings is 1. The van der Waals surface area contributed by atoms with Crippen LogP contribution in [0.3, 0.4) is 0 Å². The van der Waals surface area contributed by atoms with Crippen molar-refractivity contribution in [2.24, 2.45) is 0 Å². The number of benzene rings is 1. The van der Waals surface area contributed by atoms with Crippen molar-refractivity contribution in [3.63, 3.8) is 0 Å². The Kier molecular flexibility index (Phi) is 7.97. The summed E-state index contributed by atoms with van der Waals surface area (Å²) in [4.78, 5) is 19.4. The summed E-state index contributed by atoms with van der Waals surface area (Å²) in [6.45, 7) is 9.28. The average molecular weight is 359 g/mol. The fourth-order valence-corrected chi connectivity index (χ4v) is 2.80. The number of nitrogens with one attached hydrogen (secondary N) is 1. The lowest BCUT2D eigenvalue weighted by Crippen LogP contribution is -3.10. The number of aromatic nitrogens is 1. The fraction of sp³-hybridized carbons (Fsp3) is 0.500. The number of hydrogen-bond acceptors (Lipinski definition) is 5. The molecule has 142 valence electrons. The minimum atomic E-state index is -0.462. The van der Waals surface area contributed by atoms with Gasteiger partial charge in [-0.25, -0.2) is 9.78 Å². The van der Waals surface area contributed by atoms with Gasteiger partial charge in [0.05, 0.1) is 24.2 Å². The van der Waals surface area contributed by atoms with Gasteiger partial charge in [0, 0.05) is 18.0 Å². The van der Waals surface area contributed by atoms with Crippen molar-refractivity contribution in [2.45, 2.75) is 33.6 Å². The van der Waals surface area contributed by atoms with Crippen LogP contribution in [0, 0.1) is 5.21 Å². The standard InChI is InChI=1S/C20H29N3O3/c1-4-7-14-26-19-15-17(16-10-8-9-11-18(16)21-19)20(24)23(25)13-12-22(5-2)6-3/h8-11,15,23H,4-7,12-14H2,1-3H3. The van der Waals surface area contributed by atoms with Crippen LogP contribution < -0.4 is 9.80 Å². The molecule has 1 unspecified atom stereocenters. The van der Waals surface area contributed by atoms with Crippen molar-refractivity contribution in [1.29, 1.82) is 0 Å². The van der Waals surface area contributed by atoms with Crippen LogP contribution in [0.25, 0.3) is 10.9 Å². The summed E-state index contributed by atoms with van der Waals surface area (Å²) < 4.78 is 5.68. The second kappa shape index (κ2) is 10.2. The van der Waals surface area contributed by atoms with E-state index in [-0.39, 0.29) is 11.6 Å². The molecule has 0 fully saturated rings. The van der Waals surface area contributed by atoms with Crippen LogP contribution in [-0.2, 0) is 0 Å². The maximum atomic E-state index is 12.8. The zero-order valence-corrected chi connectivity index (χ0v) is 16.0. The molecule has 0 spiro atoms. The van der Waals surface area contributed by atoms with E-state index < -0.39 is 5.91 Å². The van der Waals surface area contributed by atoms with Crippen molar-refractivity contribution in [2.75, 3.05) is 32.8 Å². The van der Waals surface area contributed by atoms with Crippen LogP contribution in [0.15, 0.2) is 30.3 Å². The first kappa shape index (κ1) is 20.3. The Morgan fingerprint density at radius 3 is 2.65 bits per heavy atom. The van der Waals surface area contributed by atoms with E-state index in [9.17, 15) is 10.0 Å². The monoisotopic (exact) mass is 359 g/mol. The van der Waals surface area contributed by atoms with E-state index in [2.05, 4.69) is 16.8 Å². The largest absolute Gasteiger partial charge is 0.626 e. The molecule has 1 aromatic carbocycles. The Morgan fingerprint density at radius 1 is 1.23 bits per heavy atom. The summed E-state index contributed by atoms with van der Waals surface area (Å²) in [6, 6.07) is 8.97. The van der Waals surface area contributed by atoms with Gasteiger partial charge >= 0.3 is 5.91 Å². The molecule has 1 aromatic heterocycles. The number of amides is 1. The highest BCUT2D eigenvalue weighted by Crippen LogP contribution is 2.21. The second-order valence-corrected chi connectivity index (χ2v) is 6.26. The number of likely N-dealkylation sites (N-methyl/N-ethyl adjacent to an activating group) is 1. The third kappa shape index (κ3) is 5.24.